The summed E-state index contributed by atoms with van der Waals surface area (Å²) in [7, 11) is 0. The maximum Gasteiger partial charge on any atom is 0.0373 e. The summed E-state index contributed by atoms with van der Waals surface area (Å²) in [6.07, 6.45) is 8.17. The number of benzene rings is 2. The zero-order valence-corrected chi connectivity index (χ0v) is 17.9. The molecule has 148 valence electrons. The lowest BCUT2D eigenvalue weighted by Gasteiger charge is -2.63. The summed E-state index contributed by atoms with van der Waals surface area (Å²) in [4.78, 5) is 0. The number of aryl methyl sites for hydroxylation is 4. The molecular weight excluding hydrogens is 340 g/mol. The van der Waals surface area contributed by atoms with Crippen LogP contribution in [0.4, 0.5) is 11.4 Å². The van der Waals surface area contributed by atoms with Crippen molar-refractivity contribution < 1.29 is 0 Å². The lowest BCUT2D eigenvalue weighted by molar-refractivity contribution is -0.0282. The molecule has 0 spiro atoms. The van der Waals surface area contributed by atoms with Gasteiger partial charge in [0.15, 0.2) is 0 Å². The minimum atomic E-state index is 0.330. The van der Waals surface area contributed by atoms with Gasteiger partial charge in [0.1, 0.15) is 0 Å². The molecule has 4 bridgehead atoms. The van der Waals surface area contributed by atoms with Gasteiger partial charge >= 0.3 is 0 Å². The van der Waals surface area contributed by atoms with E-state index in [1.807, 2.05) is 0 Å². The molecule has 2 nitrogen and oxygen atoms in total. The van der Waals surface area contributed by atoms with Crippen molar-refractivity contribution in [3.8, 4) is 0 Å². The Hall–Kier alpha value is -1.96. The fourth-order valence-corrected chi connectivity index (χ4v) is 7.50. The van der Waals surface area contributed by atoms with Gasteiger partial charge in [-0.25, -0.2) is 0 Å². The number of anilines is 2. The highest BCUT2D eigenvalue weighted by Crippen LogP contribution is 2.66. The normalized spacial score (nSPS) is 33.4. The zero-order valence-electron chi connectivity index (χ0n) is 17.9. The molecule has 2 aromatic rings. The Labute approximate surface area is 169 Å². The van der Waals surface area contributed by atoms with Crippen LogP contribution in [0.15, 0.2) is 24.3 Å². The van der Waals surface area contributed by atoms with Crippen molar-refractivity contribution in [2.45, 2.75) is 77.0 Å². The van der Waals surface area contributed by atoms with Gasteiger partial charge in [-0.3, -0.25) is 0 Å². The molecule has 4 fully saturated rings. The van der Waals surface area contributed by atoms with E-state index >= 15 is 0 Å². The third kappa shape index (κ3) is 2.46. The van der Waals surface area contributed by atoms with Crippen molar-refractivity contribution in [2.75, 3.05) is 11.5 Å². The minimum Gasteiger partial charge on any atom is -0.398 e. The molecule has 0 aliphatic heterocycles. The Morgan fingerprint density at radius 1 is 0.643 bits per heavy atom. The van der Waals surface area contributed by atoms with Gasteiger partial charge in [-0.1, -0.05) is 24.3 Å². The largest absolute Gasteiger partial charge is 0.398 e. The van der Waals surface area contributed by atoms with E-state index in [4.69, 9.17) is 11.5 Å². The summed E-state index contributed by atoms with van der Waals surface area (Å²) in [5.74, 6) is 1.72. The fourth-order valence-electron chi connectivity index (χ4n) is 7.50. The van der Waals surface area contributed by atoms with Crippen LogP contribution in [0.3, 0.4) is 0 Å². The van der Waals surface area contributed by atoms with Crippen LogP contribution in [0.25, 0.3) is 0 Å². The summed E-state index contributed by atoms with van der Waals surface area (Å²) in [6, 6.07) is 9.62. The average Bonchev–Trinajstić information content (AvgIpc) is 2.62. The smallest absolute Gasteiger partial charge is 0.0373 e. The summed E-state index contributed by atoms with van der Waals surface area (Å²) < 4.78 is 0. The lowest BCUT2D eigenvalue weighted by Crippen LogP contribution is -2.56. The lowest BCUT2D eigenvalue weighted by atomic mass is 9.41. The molecule has 0 heterocycles. The SMILES string of the molecule is Cc1cc(C23CC4CC(C2)CC(c2cc(C)c(N)c(C)c2)(C4)C3)cc(C)c1N. The van der Waals surface area contributed by atoms with Crippen LogP contribution in [-0.2, 0) is 10.8 Å². The van der Waals surface area contributed by atoms with E-state index in [1.165, 1.54) is 60.8 Å². The van der Waals surface area contributed by atoms with Crippen LogP contribution in [-0.4, -0.2) is 0 Å². The third-order valence-corrected chi connectivity index (χ3v) is 8.47. The Balaban J connectivity index is 1.64. The van der Waals surface area contributed by atoms with Crippen molar-refractivity contribution in [2.24, 2.45) is 11.8 Å². The van der Waals surface area contributed by atoms with Crippen molar-refractivity contribution in [1.82, 2.24) is 0 Å². The Bertz CT molecular complexity index is 835. The fraction of sp³-hybridized carbons (Fsp3) is 0.538. The van der Waals surface area contributed by atoms with Crippen molar-refractivity contribution in [3.63, 3.8) is 0 Å². The molecule has 4 N–H and O–H groups in total. The highest BCUT2D eigenvalue weighted by atomic mass is 14.6. The standard InChI is InChI=1S/C26H34N2/c1-15-5-21(6-16(2)23(15)27)25-10-19-9-20(11-25)13-26(12-19,14-25)22-7-17(3)24(28)18(4)8-22/h5-8,19-20H,9-14,27-28H2,1-4H3. The molecule has 0 saturated heterocycles. The first-order valence-electron chi connectivity index (χ1n) is 11.0. The predicted octanol–water partition coefficient (Wildman–Crippen LogP) is 5.87. The second kappa shape index (κ2) is 5.78. The summed E-state index contributed by atoms with van der Waals surface area (Å²) in [6.45, 7) is 8.70. The second-order valence-electron chi connectivity index (χ2n) is 10.6. The number of nitrogen functional groups attached to an aromatic ring is 2. The maximum absolute atomic E-state index is 6.29. The molecule has 28 heavy (non-hydrogen) atoms. The number of hydrogen-bond acceptors (Lipinski definition) is 2. The first-order chi connectivity index (χ1) is 13.2. The van der Waals surface area contributed by atoms with Gasteiger partial charge in [-0.2, -0.15) is 0 Å². The van der Waals surface area contributed by atoms with Crippen LogP contribution in [0, 0.1) is 39.5 Å². The van der Waals surface area contributed by atoms with Gasteiger partial charge in [0.05, 0.1) is 0 Å². The third-order valence-electron chi connectivity index (χ3n) is 8.47. The van der Waals surface area contributed by atoms with Crippen LogP contribution < -0.4 is 11.5 Å². The molecule has 2 aromatic carbocycles. The van der Waals surface area contributed by atoms with Gasteiger partial charge in [0.25, 0.3) is 0 Å². The second-order valence-corrected chi connectivity index (χ2v) is 10.6. The first kappa shape index (κ1) is 18.1. The molecule has 0 radical (unpaired) electrons. The molecule has 6 rings (SSSR count). The molecular formula is C26H34N2. The summed E-state index contributed by atoms with van der Waals surface area (Å²) in [5, 5.41) is 0. The van der Waals surface area contributed by atoms with Gasteiger partial charge in [-0.15, -0.1) is 0 Å². The van der Waals surface area contributed by atoms with Crippen molar-refractivity contribution in [3.05, 3.63) is 57.6 Å². The maximum atomic E-state index is 6.29. The van der Waals surface area contributed by atoms with Crippen LogP contribution in [0.1, 0.15) is 71.9 Å². The van der Waals surface area contributed by atoms with Gasteiger partial charge < -0.3 is 11.5 Å². The van der Waals surface area contributed by atoms with E-state index in [9.17, 15) is 0 Å². The molecule has 0 amide bonds. The summed E-state index contributed by atoms with van der Waals surface area (Å²) in [5.41, 5.74) is 23.3. The predicted molar refractivity (Wildman–Crippen MR) is 119 cm³/mol. The zero-order chi connectivity index (χ0) is 19.8. The molecule has 0 atom stereocenters. The Morgan fingerprint density at radius 3 is 1.29 bits per heavy atom. The topological polar surface area (TPSA) is 52.0 Å². The molecule has 2 heteroatoms. The quantitative estimate of drug-likeness (QED) is 0.645. The Kier molecular flexibility index (Phi) is 3.73. The number of nitrogens with two attached hydrogens (primary N) is 2. The molecule has 4 saturated carbocycles. The van der Waals surface area contributed by atoms with Gasteiger partial charge in [-0.05, 0) is 122 Å². The average molecular weight is 375 g/mol. The Morgan fingerprint density at radius 2 is 0.964 bits per heavy atom. The number of hydrogen-bond donors (Lipinski definition) is 2. The van der Waals surface area contributed by atoms with E-state index in [0.29, 0.717) is 10.8 Å². The van der Waals surface area contributed by atoms with E-state index in [1.54, 1.807) is 11.1 Å². The van der Waals surface area contributed by atoms with Crippen LogP contribution in [0.5, 0.6) is 0 Å². The highest BCUT2D eigenvalue weighted by Gasteiger charge is 2.58. The highest BCUT2D eigenvalue weighted by molar-refractivity contribution is 5.58. The van der Waals surface area contributed by atoms with E-state index in [-0.39, 0.29) is 0 Å². The van der Waals surface area contributed by atoms with E-state index < -0.39 is 0 Å². The molecule has 4 aliphatic rings. The summed E-state index contributed by atoms with van der Waals surface area (Å²) >= 11 is 0. The van der Waals surface area contributed by atoms with Crippen molar-refractivity contribution in [1.29, 1.82) is 0 Å². The molecule has 0 aromatic heterocycles. The number of rotatable bonds is 2. The van der Waals surface area contributed by atoms with Crippen LogP contribution in [0.2, 0.25) is 0 Å². The van der Waals surface area contributed by atoms with Gasteiger partial charge in [0, 0.05) is 11.4 Å². The molecule has 4 aliphatic carbocycles. The van der Waals surface area contributed by atoms with Crippen LogP contribution >= 0.6 is 0 Å². The minimum absolute atomic E-state index is 0.330. The molecule has 0 unspecified atom stereocenters. The van der Waals surface area contributed by atoms with Crippen molar-refractivity contribution >= 4 is 11.4 Å². The van der Waals surface area contributed by atoms with Gasteiger partial charge in [0.2, 0.25) is 0 Å². The van der Waals surface area contributed by atoms with E-state index in [2.05, 4.69) is 52.0 Å². The van der Waals surface area contributed by atoms with E-state index in [0.717, 1.165) is 23.2 Å². The first-order valence-corrected chi connectivity index (χ1v) is 11.0. The monoisotopic (exact) mass is 374 g/mol.